The Hall–Kier alpha value is -2.24. The van der Waals surface area contributed by atoms with Crippen LogP contribution in [0.4, 0.5) is 0 Å². The highest BCUT2D eigenvalue weighted by molar-refractivity contribution is 6.02. The van der Waals surface area contributed by atoms with Gasteiger partial charge in [0.2, 0.25) is 5.88 Å². The third-order valence-corrected chi connectivity index (χ3v) is 1.91. The number of methoxy groups -OCH3 is 1. The summed E-state index contributed by atoms with van der Waals surface area (Å²) in [5.74, 6) is -0.786. The van der Waals surface area contributed by atoms with Gasteiger partial charge in [0.05, 0.1) is 12.7 Å². The Morgan fingerprint density at radius 1 is 1.33 bits per heavy atom. The predicted octanol–water partition coefficient (Wildman–Crippen LogP) is 0.517. The number of esters is 1. The highest BCUT2D eigenvalue weighted by Gasteiger charge is 2.14. The molecule has 2 aromatic heterocycles. The molecule has 6 heteroatoms. The van der Waals surface area contributed by atoms with Gasteiger partial charge in [0.1, 0.15) is 11.8 Å². The first-order chi connectivity index (χ1) is 7.24. The van der Waals surface area contributed by atoms with Crippen molar-refractivity contribution >= 4 is 17.0 Å². The smallest absolute Gasteiger partial charge is 0.340 e. The van der Waals surface area contributed by atoms with Gasteiger partial charge in [0, 0.05) is 6.20 Å². The molecule has 0 saturated heterocycles. The van der Waals surface area contributed by atoms with E-state index in [1.807, 2.05) is 0 Å². The van der Waals surface area contributed by atoms with Crippen molar-refractivity contribution in [2.75, 3.05) is 7.11 Å². The summed E-state index contributed by atoms with van der Waals surface area (Å²) in [6.07, 6.45) is 2.55. The Balaban J connectivity index is 2.77. The maximum Gasteiger partial charge on any atom is 0.340 e. The number of aromatic hydroxyl groups is 1. The lowest BCUT2D eigenvalue weighted by atomic mass is 10.2. The predicted molar refractivity (Wildman–Crippen MR) is 50.3 cm³/mol. The topological polar surface area (TPSA) is 85.2 Å². The summed E-state index contributed by atoms with van der Waals surface area (Å²) < 4.78 is 4.58. The molecule has 0 amide bonds. The van der Waals surface area contributed by atoms with Gasteiger partial charge in [-0.2, -0.15) is 0 Å². The van der Waals surface area contributed by atoms with E-state index >= 15 is 0 Å². The van der Waals surface area contributed by atoms with Crippen molar-refractivity contribution in [2.45, 2.75) is 0 Å². The van der Waals surface area contributed by atoms with Crippen LogP contribution in [0.25, 0.3) is 11.0 Å². The zero-order valence-electron chi connectivity index (χ0n) is 7.84. The zero-order chi connectivity index (χ0) is 10.8. The van der Waals surface area contributed by atoms with E-state index in [-0.39, 0.29) is 22.5 Å². The fourth-order valence-electron chi connectivity index (χ4n) is 1.23. The molecule has 0 aromatic carbocycles. The third kappa shape index (κ3) is 1.45. The van der Waals surface area contributed by atoms with E-state index in [1.165, 1.54) is 19.4 Å². The number of carbonyl (C=O) groups is 1. The first-order valence-corrected chi connectivity index (χ1v) is 4.11. The summed E-state index contributed by atoms with van der Waals surface area (Å²) in [7, 11) is 1.27. The average molecular weight is 205 g/mol. The molecule has 2 aromatic rings. The lowest BCUT2D eigenvalue weighted by Gasteiger charge is -2.02. The number of fused-ring (bicyclic) bond motifs is 1. The molecule has 1 N–H and O–H groups in total. The van der Waals surface area contributed by atoms with E-state index in [4.69, 9.17) is 0 Å². The second-order valence-electron chi connectivity index (χ2n) is 2.74. The molecule has 0 radical (unpaired) electrons. The SMILES string of the molecule is COC(=O)c1ccnc2c(O)ncnc12. The second-order valence-corrected chi connectivity index (χ2v) is 2.74. The summed E-state index contributed by atoms with van der Waals surface area (Å²) >= 11 is 0. The van der Waals surface area contributed by atoms with Gasteiger partial charge >= 0.3 is 5.97 Å². The van der Waals surface area contributed by atoms with Crippen LogP contribution in [0.1, 0.15) is 10.4 Å². The summed E-state index contributed by atoms with van der Waals surface area (Å²) in [5.41, 5.74) is 0.706. The Morgan fingerprint density at radius 3 is 2.87 bits per heavy atom. The van der Waals surface area contributed by atoms with Crippen molar-refractivity contribution in [3.8, 4) is 5.88 Å². The first-order valence-electron chi connectivity index (χ1n) is 4.11. The summed E-state index contributed by atoms with van der Waals surface area (Å²) in [5, 5.41) is 9.38. The molecule has 0 spiro atoms. The molecule has 15 heavy (non-hydrogen) atoms. The van der Waals surface area contributed by atoms with E-state index in [2.05, 4.69) is 19.7 Å². The van der Waals surface area contributed by atoms with Crippen LogP contribution in [0.2, 0.25) is 0 Å². The van der Waals surface area contributed by atoms with Gasteiger partial charge in [-0.15, -0.1) is 0 Å². The molecule has 2 rings (SSSR count). The average Bonchev–Trinajstić information content (AvgIpc) is 2.28. The molecule has 0 fully saturated rings. The zero-order valence-corrected chi connectivity index (χ0v) is 7.84. The standard InChI is InChI=1S/C9H7N3O3/c1-15-9(14)5-2-3-10-7-6(5)11-4-12-8(7)13/h2-4H,1H3,(H,11,12,13). The van der Waals surface area contributed by atoms with Crippen molar-refractivity contribution < 1.29 is 14.6 Å². The summed E-state index contributed by atoms with van der Waals surface area (Å²) in [6, 6.07) is 1.47. The molecule has 2 heterocycles. The monoisotopic (exact) mass is 205 g/mol. The first kappa shape index (κ1) is 9.32. The van der Waals surface area contributed by atoms with Crippen LogP contribution in [-0.4, -0.2) is 33.1 Å². The number of hydrogen-bond acceptors (Lipinski definition) is 6. The molecule has 0 bridgehead atoms. The quantitative estimate of drug-likeness (QED) is 0.683. The van der Waals surface area contributed by atoms with Crippen LogP contribution >= 0.6 is 0 Å². The number of nitrogens with zero attached hydrogens (tertiary/aromatic N) is 3. The Bertz CT molecular complexity index is 527. The van der Waals surface area contributed by atoms with Crippen LogP contribution < -0.4 is 0 Å². The Kier molecular flexibility index (Phi) is 2.17. The van der Waals surface area contributed by atoms with Crippen molar-refractivity contribution in [3.05, 3.63) is 24.2 Å². The van der Waals surface area contributed by atoms with Gasteiger partial charge < -0.3 is 9.84 Å². The molecule has 0 saturated carbocycles. The van der Waals surface area contributed by atoms with E-state index in [9.17, 15) is 9.90 Å². The van der Waals surface area contributed by atoms with Crippen LogP contribution in [0.15, 0.2) is 18.6 Å². The Labute approximate surface area is 84.6 Å². The lowest BCUT2D eigenvalue weighted by Crippen LogP contribution is -2.03. The number of pyridine rings is 1. The molecule has 0 aliphatic carbocycles. The minimum atomic E-state index is -0.527. The van der Waals surface area contributed by atoms with Crippen LogP contribution in [0, 0.1) is 0 Å². The van der Waals surface area contributed by atoms with Crippen molar-refractivity contribution in [3.63, 3.8) is 0 Å². The maximum absolute atomic E-state index is 11.3. The molecular formula is C9H7N3O3. The van der Waals surface area contributed by atoms with Gasteiger partial charge in [-0.05, 0) is 6.07 Å². The molecule has 0 aliphatic heterocycles. The van der Waals surface area contributed by atoms with E-state index in [0.29, 0.717) is 0 Å². The molecule has 6 nitrogen and oxygen atoms in total. The maximum atomic E-state index is 11.3. The highest BCUT2D eigenvalue weighted by atomic mass is 16.5. The number of carbonyl (C=O) groups excluding carboxylic acids is 1. The van der Waals surface area contributed by atoms with Gasteiger partial charge in [0.15, 0.2) is 5.52 Å². The summed E-state index contributed by atoms with van der Waals surface area (Å²) in [6.45, 7) is 0. The normalized spacial score (nSPS) is 10.2. The van der Waals surface area contributed by atoms with Crippen LogP contribution in [0.5, 0.6) is 5.88 Å². The number of aromatic nitrogens is 3. The van der Waals surface area contributed by atoms with Gasteiger partial charge in [0.25, 0.3) is 0 Å². The largest absolute Gasteiger partial charge is 0.492 e. The second kappa shape index (κ2) is 3.49. The van der Waals surface area contributed by atoms with E-state index in [0.717, 1.165) is 6.33 Å². The van der Waals surface area contributed by atoms with Crippen molar-refractivity contribution in [1.29, 1.82) is 0 Å². The number of rotatable bonds is 1. The van der Waals surface area contributed by atoms with Gasteiger partial charge in [-0.3, -0.25) is 0 Å². The number of ether oxygens (including phenoxy) is 1. The molecule has 0 unspecified atom stereocenters. The fraction of sp³-hybridized carbons (Fsp3) is 0.111. The Morgan fingerprint density at radius 2 is 2.13 bits per heavy atom. The molecule has 76 valence electrons. The fourth-order valence-corrected chi connectivity index (χ4v) is 1.23. The molecule has 0 atom stereocenters. The van der Waals surface area contributed by atoms with Gasteiger partial charge in [-0.25, -0.2) is 19.7 Å². The lowest BCUT2D eigenvalue weighted by molar-refractivity contribution is 0.0602. The van der Waals surface area contributed by atoms with Crippen LogP contribution in [-0.2, 0) is 4.74 Å². The van der Waals surface area contributed by atoms with Crippen molar-refractivity contribution in [2.24, 2.45) is 0 Å². The molecular weight excluding hydrogens is 198 g/mol. The minimum absolute atomic E-state index is 0.181. The van der Waals surface area contributed by atoms with Crippen molar-refractivity contribution in [1.82, 2.24) is 15.0 Å². The van der Waals surface area contributed by atoms with Gasteiger partial charge in [-0.1, -0.05) is 0 Å². The van der Waals surface area contributed by atoms with E-state index in [1.54, 1.807) is 0 Å². The summed E-state index contributed by atoms with van der Waals surface area (Å²) in [4.78, 5) is 22.7. The molecule has 0 aliphatic rings. The highest BCUT2D eigenvalue weighted by Crippen LogP contribution is 2.20. The number of hydrogen-bond donors (Lipinski definition) is 1. The minimum Gasteiger partial charge on any atom is -0.492 e. The third-order valence-electron chi connectivity index (χ3n) is 1.91. The van der Waals surface area contributed by atoms with E-state index < -0.39 is 5.97 Å². The van der Waals surface area contributed by atoms with Crippen LogP contribution in [0.3, 0.4) is 0 Å².